The summed E-state index contributed by atoms with van der Waals surface area (Å²) in [6.07, 6.45) is 7.81. The van der Waals surface area contributed by atoms with Crippen LogP contribution < -0.4 is 10.5 Å². The highest BCUT2D eigenvalue weighted by Crippen LogP contribution is 2.24. The molecule has 1 aliphatic carbocycles. The molecule has 1 aliphatic rings. The molecule has 1 saturated carbocycles. The van der Waals surface area contributed by atoms with Gasteiger partial charge in [-0.3, -0.25) is 5.41 Å². The van der Waals surface area contributed by atoms with E-state index in [-0.39, 0.29) is 5.84 Å². The van der Waals surface area contributed by atoms with E-state index in [9.17, 15) is 0 Å². The van der Waals surface area contributed by atoms with Gasteiger partial charge in [0, 0.05) is 11.1 Å². The monoisotopic (exact) mass is 276 g/mol. The third kappa shape index (κ3) is 3.97. The van der Waals surface area contributed by atoms with Crippen molar-refractivity contribution in [2.75, 3.05) is 7.11 Å². The maximum Gasteiger partial charge on any atom is 0.124 e. The predicted molar refractivity (Wildman–Crippen MR) is 80.3 cm³/mol. The van der Waals surface area contributed by atoms with Crippen molar-refractivity contribution < 1.29 is 9.47 Å². The highest BCUT2D eigenvalue weighted by atomic mass is 16.5. The summed E-state index contributed by atoms with van der Waals surface area (Å²) in [7, 11) is 1.65. The number of ether oxygens (including phenoxy) is 2. The maximum atomic E-state index is 7.51. The van der Waals surface area contributed by atoms with Crippen LogP contribution in [0, 0.1) is 5.41 Å². The molecule has 1 fully saturated rings. The molecule has 0 unspecified atom stereocenters. The van der Waals surface area contributed by atoms with E-state index in [2.05, 4.69) is 0 Å². The zero-order valence-electron chi connectivity index (χ0n) is 12.2. The Morgan fingerprint density at radius 1 is 1.25 bits per heavy atom. The Kier molecular flexibility index (Phi) is 5.41. The minimum absolute atomic E-state index is 0.0726. The van der Waals surface area contributed by atoms with Gasteiger partial charge in [0.25, 0.3) is 0 Å². The van der Waals surface area contributed by atoms with Crippen LogP contribution in [0.1, 0.15) is 49.7 Å². The SMILES string of the molecule is COc1ccc(C(=N)N)cc1COC1CCCCCC1. The molecule has 0 heterocycles. The van der Waals surface area contributed by atoms with Crippen LogP contribution >= 0.6 is 0 Å². The van der Waals surface area contributed by atoms with Crippen molar-refractivity contribution in [3.8, 4) is 5.75 Å². The van der Waals surface area contributed by atoms with E-state index in [0.717, 1.165) is 24.2 Å². The van der Waals surface area contributed by atoms with E-state index < -0.39 is 0 Å². The first-order valence-electron chi connectivity index (χ1n) is 7.33. The van der Waals surface area contributed by atoms with Crippen LogP contribution in [-0.2, 0) is 11.3 Å². The average Bonchev–Trinajstić information content (AvgIpc) is 2.73. The van der Waals surface area contributed by atoms with Crippen LogP contribution in [0.3, 0.4) is 0 Å². The van der Waals surface area contributed by atoms with E-state index >= 15 is 0 Å². The van der Waals surface area contributed by atoms with Crippen molar-refractivity contribution in [3.63, 3.8) is 0 Å². The number of rotatable bonds is 5. The van der Waals surface area contributed by atoms with Gasteiger partial charge in [0.15, 0.2) is 0 Å². The Hall–Kier alpha value is -1.55. The Morgan fingerprint density at radius 3 is 2.55 bits per heavy atom. The van der Waals surface area contributed by atoms with Gasteiger partial charge in [0.1, 0.15) is 11.6 Å². The van der Waals surface area contributed by atoms with Crippen LogP contribution in [0.4, 0.5) is 0 Å². The van der Waals surface area contributed by atoms with Gasteiger partial charge in [-0.2, -0.15) is 0 Å². The first-order chi connectivity index (χ1) is 9.70. The molecule has 4 heteroatoms. The summed E-state index contributed by atoms with van der Waals surface area (Å²) in [5.74, 6) is 0.868. The molecule has 0 radical (unpaired) electrons. The molecule has 20 heavy (non-hydrogen) atoms. The number of hydrogen-bond acceptors (Lipinski definition) is 3. The summed E-state index contributed by atoms with van der Waals surface area (Å²) < 4.78 is 11.4. The summed E-state index contributed by atoms with van der Waals surface area (Å²) in [4.78, 5) is 0. The fourth-order valence-electron chi connectivity index (χ4n) is 2.68. The van der Waals surface area contributed by atoms with Crippen LogP contribution in [0.2, 0.25) is 0 Å². The summed E-state index contributed by atoms with van der Waals surface area (Å²) in [5.41, 5.74) is 7.21. The topological polar surface area (TPSA) is 68.3 Å². The van der Waals surface area contributed by atoms with Gasteiger partial charge in [-0.05, 0) is 31.0 Å². The molecule has 0 spiro atoms. The molecule has 3 N–H and O–H groups in total. The smallest absolute Gasteiger partial charge is 0.124 e. The highest BCUT2D eigenvalue weighted by molar-refractivity contribution is 5.95. The normalized spacial score (nSPS) is 16.6. The van der Waals surface area contributed by atoms with Gasteiger partial charge < -0.3 is 15.2 Å². The molecule has 1 aromatic carbocycles. The predicted octanol–water partition coefficient (Wildman–Crippen LogP) is 3.22. The lowest BCUT2D eigenvalue weighted by molar-refractivity contribution is 0.0300. The lowest BCUT2D eigenvalue weighted by atomic mass is 10.1. The first-order valence-corrected chi connectivity index (χ1v) is 7.33. The molecule has 0 atom stereocenters. The number of amidine groups is 1. The van der Waals surface area contributed by atoms with Gasteiger partial charge in [-0.15, -0.1) is 0 Å². The van der Waals surface area contributed by atoms with Crippen molar-refractivity contribution in [1.82, 2.24) is 0 Å². The molecular weight excluding hydrogens is 252 g/mol. The quantitative estimate of drug-likeness (QED) is 0.493. The average molecular weight is 276 g/mol. The summed E-state index contributed by atoms with van der Waals surface area (Å²) >= 11 is 0. The number of methoxy groups -OCH3 is 1. The van der Waals surface area contributed by atoms with E-state index in [1.165, 1.54) is 25.7 Å². The van der Waals surface area contributed by atoms with Gasteiger partial charge in [-0.25, -0.2) is 0 Å². The van der Waals surface area contributed by atoms with E-state index in [0.29, 0.717) is 18.3 Å². The van der Waals surface area contributed by atoms with Crippen LogP contribution in [0.5, 0.6) is 5.75 Å². The molecule has 110 valence electrons. The molecule has 0 bridgehead atoms. The van der Waals surface area contributed by atoms with Crippen LogP contribution in [-0.4, -0.2) is 19.0 Å². The standard InChI is InChI=1S/C16H24N2O2/c1-19-15-9-8-12(16(17)18)10-13(15)11-20-14-6-4-2-3-5-7-14/h8-10,14H,2-7,11H2,1H3,(H3,17,18). The summed E-state index contributed by atoms with van der Waals surface area (Å²) in [6.45, 7) is 0.523. The molecule has 0 aliphatic heterocycles. The van der Waals surface area contributed by atoms with Crippen molar-refractivity contribution in [2.45, 2.75) is 51.2 Å². The molecule has 0 amide bonds. The molecular formula is C16H24N2O2. The van der Waals surface area contributed by atoms with Gasteiger partial charge in [-0.1, -0.05) is 25.7 Å². The largest absolute Gasteiger partial charge is 0.496 e. The van der Waals surface area contributed by atoms with Crippen molar-refractivity contribution in [1.29, 1.82) is 5.41 Å². The van der Waals surface area contributed by atoms with Gasteiger partial charge >= 0.3 is 0 Å². The fraction of sp³-hybridized carbons (Fsp3) is 0.562. The Bertz CT molecular complexity index is 452. The third-order valence-corrected chi connectivity index (χ3v) is 3.87. The second-order valence-corrected chi connectivity index (χ2v) is 5.36. The lowest BCUT2D eigenvalue weighted by Gasteiger charge is -2.17. The molecule has 4 nitrogen and oxygen atoms in total. The van der Waals surface area contributed by atoms with Crippen molar-refractivity contribution in [2.24, 2.45) is 5.73 Å². The number of nitrogens with one attached hydrogen (secondary N) is 1. The van der Waals surface area contributed by atoms with Crippen molar-refractivity contribution in [3.05, 3.63) is 29.3 Å². The molecule has 1 aromatic rings. The van der Waals surface area contributed by atoms with Gasteiger partial charge in [0.2, 0.25) is 0 Å². The maximum absolute atomic E-state index is 7.51. The number of nitrogens with two attached hydrogens (primary N) is 1. The van der Waals surface area contributed by atoms with E-state index in [1.807, 2.05) is 12.1 Å². The number of nitrogen functional groups attached to an aromatic ring is 1. The van der Waals surface area contributed by atoms with Crippen molar-refractivity contribution >= 4 is 5.84 Å². The third-order valence-electron chi connectivity index (χ3n) is 3.87. The fourth-order valence-corrected chi connectivity index (χ4v) is 2.68. The molecule has 0 aromatic heterocycles. The van der Waals surface area contributed by atoms with E-state index in [1.54, 1.807) is 13.2 Å². The summed E-state index contributed by atoms with van der Waals surface area (Å²) in [5, 5.41) is 7.51. The first kappa shape index (κ1) is 14.9. The minimum Gasteiger partial charge on any atom is -0.496 e. The molecule has 2 rings (SSSR count). The number of hydrogen-bond donors (Lipinski definition) is 2. The highest BCUT2D eigenvalue weighted by Gasteiger charge is 2.14. The van der Waals surface area contributed by atoms with Gasteiger partial charge in [0.05, 0.1) is 19.8 Å². The number of benzene rings is 1. The van der Waals surface area contributed by atoms with E-state index in [4.69, 9.17) is 20.6 Å². The zero-order valence-corrected chi connectivity index (χ0v) is 12.2. The lowest BCUT2D eigenvalue weighted by Crippen LogP contribution is -2.14. The second kappa shape index (κ2) is 7.29. The Morgan fingerprint density at radius 2 is 1.95 bits per heavy atom. The summed E-state index contributed by atoms with van der Waals surface area (Å²) in [6, 6.07) is 5.54. The molecule has 0 saturated heterocycles. The van der Waals surface area contributed by atoms with Crippen LogP contribution in [0.15, 0.2) is 18.2 Å². The van der Waals surface area contributed by atoms with Crippen LogP contribution in [0.25, 0.3) is 0 Å². The second-order valence-electron chi connectivity index (χ2n) is 5.36. The Balaban J connectivity index is 2.02. The zero-order chi connectivity index (χ0) is 14.4. The Labute approximate surface area is 120 Å². The minimum atomic E-state index is 0.0726.